The van der Waals surface area contributed by atoms with Gasteiger partial charge in [-0.1, -0.05) is 6.92 Å². The molecule has 0 aromatic heterocycles. The van der Waals surface area contributed by atoms with Crippen LogP contribution < -0.4 is 5.73 Å². The molecular formula is C9H9F4N. The molecule has 0 amide bonds. The quantitative estimate of drug-likeness (QED) is 0.585. The summed E-state index contributed by atoms with van der Waals surface area (Å²) < 4.78 is 51.4. The summed E-state index contributed by atoms with van der Waals surface area (Å²) >= 11 is 0. The lowest BCUT2D eigenvalue weighted by molar-refractivity contribution is 0.425. The first-order valence-corrected chi connectivity index (χ1v) is 4.07. The van der Waals surface area contributed by atoms with E-state index in [9.17, 15) is 17.6 Å². The second-order valence-electron chi connectivity index (χ2n) is 2.90. The Labute approximate surface area is 78.5 Å². The van der Waals surface area contributed by atoms with E-state index < -0.39 is 34.9 Å². The molecule has 1 aromatic carbocycles. The zero-order valence-electron chi connectivity index (χ0n) is 7.45. The van der Waals surface area contributed by atoms with E-state index in [0.717, 1.165) is 0 Å². The highest BCUT2D eigenvalue weighted by Gasteiger charge is 2.22. The maximum absolute atomic E-state index is 13.0. The second kappa shape index (κ2) is 3.96. The Morgan fingerprint density at radius 2 is 1.57 bits per heavy atom. The lowest BCUT2D eigenvalue weighted by atomic mass is 10.0. The predicted molar refractivity (Wildman–Crippen MR) is 43.5 cm³/mol. The third-order valence-electron chi connectivity index (χ3n) is 1.96. The van der Waals surface area contributed by atoms with Crippen LogP contribution in [0.2, 0.25) is 0 Å². The Balaban J connectivity index is 3.39. The van der Waals surface area contributed by atoms with Gasteiger partial charge in [-0.3, -0.25) is 0 Å². The van der Waals surface area contributed by atoms with Crippen LogP contribution in [0.3, 0.4) is 0 Å². The first-order chi connectivity index (χ1) is 6.49. The summed E-state index contributed by atoms with van der Waals surface area (Å²) in [5.74, 6) is -5.69. The van der Waals surface area contributed by atoms with Crippen molar-refractivity contribution in [1.29, 1.82) is 0 Å². The highest BCUT2D eigenvalue weighted by molar-refractivity contribution is 5.25. The SMILES string of the molecule is CC[C@H](N)c1c(F)c(F)cc(F)c1F. The van der Waals surface area contributed by atoms with Gasteiger partial charge in [-0.25, -0.2) is 17.6 Å². The van der Waals surface area contributed by atoms with Gasteiger partial charge in [-0.15, -0.1) is 0 Å². The van der Waals surface area contributed by atoms with E-state index in [1.54, 1.807) is 6.92 Å². The highest BCUT2D eigenvalue weighted by Crippen LogP contribution is 2.25. The zero-order chi connectivity index (χ0) is 10.9. The Morgan fingerprint density at radius 3 is 1.93 bits per heavy atom. The van der Waals surface area contributed by atoms with Gasteiger partial charge >= 0.3 is 0 Å². The van der Waals surface area contributed by atoms with Gasteiger partial charge in [0.25, 0.3) is 0 Å². The van der Waals surface area contributed by atoms with Crippen molar-refractivity contribution in [2.45, 2.75) is 19.4 Å². The van der Waals surface area contributed by atoms with Crippen molar-refractivity contribution in [3.05, 3.63) is 34.9 Å². The summed E-state index contributed by atoms with van der Waals surface area (Å²) in [6.45, 7) is 1.56. The second-order valence-corrected chi connectivity index (χ2v) is 2.90. The van der Waals surface area contributed by atoms with E-state index >= 15 is 0 Å². The maximum atomic E-state index is 13.0. The fourth-order valence-corrected chi connectivity index (χ4v) is 1.12. The third kappa shape index (κ3) is 1.72. The van der Waals surface area contributed by atoms with Crippen molar-refractivity contribution in [2.75, 3.05) is 0 Å². The molecule has 2 N–H and O–H groups in total. The topological polar surface area (TPSA) is 26.0 Å². The lowest BCUT2D eigenvalue weighted by Crippen LogP contribution is -2.15. The van der Waals surface area contributed by atoms with Crippen molar-refractivity contribution in [1.82, 2.24) is 0 Å². The van der Waals surface area contributed by atoms with Crippen molar-refractivity contribution < 1.29 is 17.6 Å². The Bertz CT molecular complexity index is 325. The molecule has 0 heterocycles. The molecule has 0 aliphatic heterocycles. The molecular weight excluding hydrogens is 198 g/mol. The van der Waals surface area contributed by atoms with Crippen LogP contribution in [0.1, 0.15) is 24.9 Å². The summed E-state index contributed by atoms with van der Waals surface area (Å²) in [6, 6.07) is -0.878. The lowest BCUT2D eigenvalue weighted by Gasteiger charge is -2.12. The van der Waals surface area contributed by atoms with Gasteiger partial charge in [0.2, 0.25) is 0 Å². The number of hydrogen-bond donors (Lipinski definition) is 1. The summed E-state index contributed by atoms with van der Waals surface area (Å²) in [4.78, 5) is 0. The van der Waals surface area contributed by atoms with Crippen LogP contribution in [0.5, 0.6) is 0 Å². The van der Waals surface area contributed by atoms with E-state index in [4.69, 9.17) is 5.73 Å². The van der Waals surface area contributed by atoms with Gasteiger partial charge in [0.05, 0.1) is 0 Å². The fourth-order valence-electron chi connectivity index (χ4n) is 1.12. The van der Waals surface area contributed by atoms with Crippen LogP contribution in [0, 0.1) is 23.3 Å². The average molecular weight is 207 g/mol. The summed E-state index contributed by atoms with van der Waals surface area (Å²) in [6.07, 6.45) is 0.191. The van der Waals surface area contributed by atoms with E-state index in [1.165, 1.54) is 0 Å². The van der Waals surface area contributed by atoms with Crippen molar-refractivity contribution in [3.8, 4) is 0 Å². The van der Waals surface area contributed by atoms with Crippen LogP contribution in [0.4, 0.5) is 17.6 Å². The van der Waals surface area contributed by atoms with Gasteiger partial charge < -0.3 is 5.73 Å². The molecule has 0 radical (unpaired) electrons. The Morgan fingerprint density at radius 1 is 1.14 bits per heavy atom. The molecule has 0 spiro atoms. The molecule has 1 rings (SSSR count). The molecule has 5 heteroatoms. The number of benzene rings is 1. The molecule has 1 nitrogen and oxygen atoms in total. The number of nitrogens with two attached hydrogens (primary N) is 1. The molecule has 1 aromatic rings. The van der Waals surface area contributed by atoms with Crippen LogP contribution in [-0.4, -0.2) is 0 Å². The molecule has 14 heavy (non-hydrogen) atoms. The van der Waals surface area contributed by atoms with Gasteiger partial charge in [0.1, 0.15) is 0 Å². The van der Waals surface area contributed by atoms with Crippen LogP contribution in [0.15, 0.2) is 6.07 Å². The summed E-state index contributed by atoms with van der Waals surface area (Å²) in [5, 5.41) is 0. The average Bonchev–Trinajstić information content (AvgIpc) is 2.15. The van der Waals surface area contributed by atoms with Crippen LogP contribution >= 0.6 is 0 Å². The molecule has 0 bridgehead atoms. The van der Waals surface area contributed by atoms with Crippen molar-refractivity contribution in [3.63, 3.8) is 0 Å². The van der Waals surface area contributed by atoms with E-state index in [-0.39, 0.29) is 12.5 Å². The van der Waals surface area contributed by atoms with Gasteiger partial charge in [-0.05, 0) is 6.42 Å². The normalized spacial score (nSPS) is 13.0. The Kier molecular flexibility index (Phi) is 3.10. The van der Waals surface area contributed by atoms with Gasteiger partial charge in [0, 0.05) is 17.7 Å². The smallest absolute Gasteiger partial charge is 0.166 e. The largest absolute Gasteiger partial charge is 0.324 e. The van der Waals surface area contributed by atoms with Crippen molar-refractivity contribution >= 4 is 0 Å². The van der Waals surface area contributed by atoms with Crippen LogP contribution in [0.25, 0.3) is 0 Å². The molecule has 0 saturated carbocycles. The number of halogens is 4. The van der Waals surface area contributed by atoms with Crippen molar-refractivity contribution in [2.24, 2.45) is 5.73 Å². The van der Waals surface area contributed by atoms with Crippen LogP contribution in [-0.2, 0) is 0 Å². The predicted octanol–water partition coefficient (Wildman–Crippen LogP) is 2.65. The zero-order valence-corrected chi connectivity index (χ0v) is 7.45. The van der Waals surface area contributed by atoms with Gasteiger partial charge in [0.15, 0.2) is 23.3 Å². The molecule has 0 unspecified atom stereocenters. The molecule has 0 saturated heterocycles. The van der Waals surface area contributed by atoms with E-state index in [1.807, 2.05) is 0 Å². The molecule has 0 aliphatic rings. The number of rotatable bonds is 2. The molecule has 78 valence electrons. The first-order valence-electron chi connectivity index (χ1n) is 4.07. The van der Waals surface area contributed by atoms with E-state index in [2.05, 4.69) is 0 Å². The summed E-state index contributed by atoms with van der Waals surface area (Å²) in [5.41, 5.74) is 4.59. The van der Waals surface area contributed by atoms with E-state index in [0.29, 0.717) is 0 Å². The minimum absolute atomic E-state index is 0.163. The number of hydrogen-bond acceptors (Lipinski definition) is 1. The third-order valence-corrected chi connectivity index (χ3v) is 1.96. The minimum atomic E-state index is -1.43. The fraction of sp³-hybridized carbons (Fsp3) is 0.333. The maximum Gasteiger partial charge on any atom is 0.166 e. The summed E-state index contributed by atoms with van der Waals surface area (Å²) in [7, 11) is 0. The highest BCUT2D eigenvalue weighted by atomic mass is 19.2. The minimum Gasteiger partial charge on any atom is -0.324 e. The Hall–Kier alpha value is -1.10. The molecule has 0 aliphatic carbocycles. The monoisotopic (exact) mass is 207 g/mol. The van der Waals surface area contributed by atoms with Gasteiger partial charge in [-0.2, -0.15) is 0 Å². The molecule has 0 fully saturated rings. The molecule has 1 atom stereocenters. The first kappa shape index (κ1) is 11.0. The standard InChI is InChI=1S/C9H9F4N/c1-2-6(14)7-8(12)4(10)3-5(11)9(7)13/h3,6H,2,14H2,1H3/t6-/m0/s1.